The Hall–Kier alpha value is -0.120. The van der Waals surface area contributed by atoms with E-state index in [2.05, 4.69) is 51.5 Å². The van der Waals surface area contributed by atoms with Crippen molar-refractivity contribution in [3.05, 3.63) is 0 Å². The summed E-state index contributed by atoms with van der Waals surface area (Å²) in [5, 5.41) is 9.20. The fourth-order valence-electron chi connectivity index (χ4n) is 2.80. The van der Waals surface area contributed by atoms with Gasteiger partial charge in [-0.05, 0) is 39.7 Å². The van der Waals surface area contributed by atoms with Gasteiger partial charge >= 0.3 is 0 Å². The highest BCUT2D eigenvalue weighted by Gasteiger charge is 2.36. The summed E-state index contributed by atoms with van der Waals surface area (Å²) in [7, 11) is 2.19. The van der Waals surface area contributed by atoms with Crippen LogP contribution in [-0.2, 0) is 0 Å². The molecule has 17 heavy (non-hydrogen) atoms. The van der Waals surface area contributed by atoms with E-state index in [-0.39, 0.29) is 12.1 Å². The Bertz CT molecular complexity index is 245. The van der Waals surface area contributed by atoms with Gasteiger partial charge in [-0.3, -0.25) is 4.90 Å². The molecule has 0 radical (unpaired) electrons. The summed E-state index contributed by atoms with van der Waals surface area (Å²) in [6.45, 7) is 15.1. The van der Waals surface area contributed by atoms with Gasteiger partial charge in [0.25, 0.3) is 0 Å². The highest BCUT2D eigenvalue weighted by Crippen LogP contribution is 2.28. The molecule has 1 unspecified atom stereocenters. The molecule has 1 heterocycles. The van der Waals surface area contributed by atoms with Gasteiger partial charge in [-0.1, -0.05) is 13.8 Å². The smallest absolute Gasteiger partial charge is 0.0446 e. The highest BCUT2D eigenvalue weighted by molar-refractivity contribution is 4.91. The van der Waals surface area contributed by atoms with Gasteiger partial charge in [0.2, 0.25) is 0 Å². The van der Waals surface area contributed by atoms with E-state index in [0.717, 1.165) is 26.1 Å². The number of hydrogen-bond acceptors (Lipinski definition) is 3. The second-order valence-electron chi connectivity index (χ2n) is 7.30. The molecule has 0 aliphatic carbocycles. The molecule has 1 aliphatic heterocycles. The summed E-state index contributed by atoms with van der Waals surface area (Å²) >= 11 is 0. The van der Waals surface area contributed by atoms with Crippen LogP contribution in [0.5, 0.6) is 0 Å². The minimum atomic E-state index is 0.205. The van der Waals surface area contributed by atoms with Crippen LogP contribution in [-0.4, -0.2) is 59.8 Å². The van der Waals surface area contributed by atoms with Crippen molar-refractivity contribution in [2.45, 2.75) is 52.6 Å². The minimum Gasteiger partial charge on any atom is -0.396 e. The van der Waals surface area contributed by atoms with Crippen LogP contribution in [0.3, 0.4) is 0 Å². The lowest BCUT2D eigenvalue weighted by molar-refractivity contribution is 0.0928. The molecular formula is C14H30N2O. The molecule has 3 nitrogen and oxygen atoms in total. The molecule has 1 atom stereocenters. The molecule has 3 heteroatoms. The van der Waals surface area contributed by atoms with E-state index < -0.39 is 0 Å². The monoisotopic (exact) mass is 242 g/mol. The lowest BCUT2D eigenvalue weighted by atomic mass is 9.91. The molecule has 102 valence electrons. The van der Waals surface area contributed by atoms with Crippen LogP contribution in [0.25, 0.3) is 0 Å². The van der Waals surface area contributed by atoms with Gasteiger partial charge in [-0.25, -0.2) is 0 Å². The second kappa shape index (κ2) is 5.25. The van der Waals surface area contributed by atoms with Crippen LogP contribution >= 0.6 is 0 Å². The van der Waals surface area contributed by atoms with Gasteiger partial charge < -0.3 is 10.0 Å². The Morgan fingerprint density at radius 3 is 2.29 bits per heavy atom. The molecule has 0 bridgehead atoms. The zero-order valence-corrected chi connectivity index (χ0v) is 12.5. The number of rotatable bonds is 2. The summed E-state index contributed by atoms with van der Waals surface area (Å²) in [4.78, 5) is 4.98. The molecule has 1 saturated heterocycles. The molecule has 0 amide bonds. The quantitative estimate of drug-likeness (QED) is 0.800. The van der Waals surface area contributed by atoms with Gasteiger partial charge in [-0.2, -0.15) is 0 Å². The molecule has 1 N–H and O–H groups in total. The van der Waals surface area contributed by atoms with Crippen LogP contribution in [0.1, 0.15) is 41.0 Å². The number of nitrogens with zero attached hydrogens (tertiary/aromatic N) is 2. The summed E-state index contributed by atoms with van der Waals surface area (Å²) < 4.78 is 0. The van der Waals surface area contributed by atoms with E-state index in [1.165, 1.54) is 0 Å². The fourth-order valence-corrected chi connectivity index (χ4v) is 2.80. The van der Waals surface area contributed by atoms with Crippen molar-refractivity contribution in [1.82, 2.24) is 9.80 Å². The SMILES string of the molecule is CN1CC(C)(C)CN(C(C)(C)C)CC1CCO. The highest BCUT2D eigenvalue weighted by atomic mass is 16.3. The third-order valence-corrected chi connectivity index (χ3v) is 3.76. The van der Waals surface area contributed by atoms with Crippen LogP contribution in [0.2, 0.25) is 0 Å². The molecule has 0 aromatic carbocycles. The molecule has 1 fully saturated rings. The van der Waals surface area contributed by atoms with E-state index >= 15 is 0 Å². The van der Waals surface area contributed by atoms with E-state index in [4.69, 9.17) is 0 Å². The lowest BCUT2D eigenvalue weighted by Crippen LogP contribution is -2.48. The van der Waals surface area contributed by atoms with Crippen molar-refractivity contribution in [3.8, 4) is 0 Å². The van der Waals surface area contributed by atoms with E-state index in [0.29, 0.717) is 11.5 Å². The summed E-state index contributed by atoms with van der Waals surface area (Å²) in [6, 6.07) is 0.473. The number of likely N-dealkylation sites (N-methyl/N-ethyl adjacent to an activating group) is 1. The first-order valence-electron chi connectivity index (χ1n) is 6.72. The molecule has 1 rings (SSSR count). The maximum absolute atomic E-state index is 9.20. The molecule has 0 aromatic rings. The molecular weight excluding hydrogens is 212 g/mol. The predicted molar refractivity (Wildman–Crippen MR) is 73.2 cm³/mol. The third-order valence-electron chi connectivity index (χ3n) is 3.76. The largest absolute Gasteiger partial charge is 0.396 e. The summed E-state index contributed by atoms with van der Waals surface area (Å²) in [6.07, 6.45) is 0.874. The van der Waals surface area contributed by atoms with Crippen molar-refractivity contribution in [2.75, 3.05) is 33.3 Å². The predicted octanol–water partition coefficient (Wildman–Crippen LogP) is 1.81. The van der Waals surface area contributed by atoms with Gasteiger partial charge in [0.15, 0.2) is 0 Å². The van der Waals surface area contributed by atoms with Gasteiger partial charge in [0, 0.05) is 37.8 Å². The van der Waals surface area contributed by atoms with Crippen molar-refractivity contribution in [3.63, 3.8) is 0 Å². The van der Waals surface area contributed by atoms with E-state index in [9.17, 15) is 5.11 Å². The summed E-state index contributed by atoms with van der Waals surface area (Å²) in [5.74, 6) is 0. The number of hydrogen-bond donors (Lipinski definition) is 1. The molecule has 0 saturated carbocycles. The third kappa shape index (κ3) is 4.23. The normalized spacial score (nSPS) is 28.1. The Balaban J connectivity index is 2.86. The second-order valence-corrected chi connectivity index (χ2v) is 7.30. The fraction of sp³-hybridized carbons (Fsp3) is 1.00. The maximum Gasteiger partial charge on any atom is 0.0446 e. The van der Waals surface area contributed by atoms with Crippen molar-refractivity contribution < 1.29 is 5.11 Å². The zero-order chi connectivity index (χ0) is 13.3. The topological polar surface area (TPSA) is 26.7 Å². The Morgan fingerprint density at radius 2 is 1.82 bits per heavy atom. The van der Waals surface area contributed by atoms with Crippen molar-refractivity contribution in [2.24, 2.45) is 5.41 Å². The van der Waals surface area contributed by atoms with Crippen molar-refractivity contribution >= 4 is 0 Å². The first-order chi connectivity index (χ1) is 7.65. The van der Waals surface area contributed by atoms with E-state index in [1.54, 1.807) is 0 Å². The first kappa shape index (κ1) is 14.9. The zero-order valence-electron chi connectivity index (χ0n) is 12.5. The average molecular weight is 242 g/mol. The lowest BCUT2D eigenvalue weighted by Gasteiger charge is -2.39. The first-order valence-corrected chi connectivity index (χ1v) is 6.72. The Kier molecular flexibility index (Phi) is 4.61. The number of aliphatic hydroxyl groups excluding tert-OH is 1. The maximum atomic E-state index is 9.20. The molecule has 1 aliphatic rings. The van der Waals surface area contributed by atoms with Crippen LogP contribution in [0.4, 0.5) is 0 Å². The standard InChI is InChI=1S/C14H30N2O/c1-13(2,3)16-9-12(7-8-17)15(6)10-14(4,5)11-16/h12,17H,7-11H2,1-6H3. The van der Waals surface area contributed by atoms with Gasteiger partial charge in [0.05, 0.1) is 0 Å². The number of aliphatic hydroxyl groups is 1. The van der Waals surface area contributed by atoms with Crippen LogP contribution < -0.4 is 0 Å². The van der Waals surface area contributed by atoms with Crippen molar-refractivity contribution in [1.29, 1.82) is 0 Å². The van der Waals surface area contributed by atoms with Crippen LogP contribution in [0.15, 0.2) is 0 Å². The van der Waals surface area contributed by atoms with E-state index in [1.807, 2.05) is 0 Å². The Labute approximate surface area is 107 Å². The molecule has 0 aromatic heterocycles. The summed E-state index contributed by atoms with van der Waals surface area (Å²) in [5.41, 5.74) is 0.516. The van der Waals surface area contributed by atoms with Gasteiger partial charge in [0.1, 0.15) is 0 Å². The molecule has 0 spiro atoms. The minimum absolute atomic E-state index is 0.205. The Morgan fingerprint density at radius 1 is 1.24 bits per heavy atom. The van der Waals surface area contributed by atoms with Crippen LogP contribution in [0, 0.1) is 5.41 Å². The van der Waals surface area contributed by atoms with Gasteiger partial charge in [-0.15, -0.1) is 0 Å². The average Bonchev–Trinajstić information content (AvgIpc) is 2.22.